The molecule has 0 aliphatic carbocycles. The van der Waals surface area contributed by atoms with E-state index in [9.17, 15) is 14.0 Å². The van der Waals surface area contributed by atoms with Gasteiger partial charge in [-0.3, -0.25) is 4.79 Å². The van der Waals surface area contributed by atoms with Crippen LogP contribution in [0.2, 0.25) is 0 Å². The fourth-order valence-corrected chi connectivity index (χ4v) is 3.50. The highest BCUT2D eigenvalue weighted by Crippen LogP contribution is 2.21. The molecular formula is C25H31FN4O3. The molecule has 2 amide bonds. The van der Waals surface area contributed by atoms with Gasteiger partial charge in [-0.25, -0.2) is 9.18 Å². The van der Waals surface area contributed by atoms with Gasteiger partial charge in [-0.05, 0) is 58.6 Å². The molecule has 3 rings (SSSR count). The van der Waals surface area contributed by atoms with Crippen molar-refractivity contribution in [3.63, 3.8) is 0 Å². The largest absolute Gasteiger partial charge is 0.444 e. The van der Waals surface area contributed by atoms with Crippen molar-refractivity contribution in [3.05, 3.63) is 65.6 Å². The first kappa shape index (κ1) is 24.3. The van der Waals surface area contributed by atoms with Gasteiger partial charge < -0.3 is 25.3 Å². The lowest BCUT2D eigenvalue weighted by Gasteiger charge is -2.23. The van der Waals surface area contributed by atoms with Gasteiger partial charge in [0.2, 0.25) is 5.91 Å². The third-order valence-electron chi connectivity index (χ3n) is 4.91. The van der Waals surface area contributed by atoms with E-state index in [0.29, 0.717) is 17.8 Å². The van der Waals surface area contributed by atoms with Crippen molar-refractivity contribution < 1.29 is 18.7 Å². The third kappa shape index (κ3) is 6.79. The monoisotopic (exact) mass is 454 g/mol. The Labute approximate surface area is 193 Å². The number of aromatic nitrogens is 1. The Hall–Kier alpha value is -3.39. The average molecular weight is 455 g/mol. The second-order valence-electron chi connectivity index (χ2n) is 9.30. The lowest BCUT2D eigenvalue weighted by Crippen LogP contribution is -2.47. The van der Waals surface area contributed by atoms with E-state index in [0.717, 1.165) is 16.5 Å². The number of hydrogen-bond acceptors (Lipinski definition) is 4. The molecule has 1 aromatic heterocycles. The van der Waals surface area contributed by atoms with Gasteiger partial charge in [0.05, 0.1) is 0 Å². The first-order valence-electron chi connectivity index (χ1n) is 10.8. The molecule has 0 fully saturated rings. The summed E-state index contributed by atoms with van der Waals surface area (Å²) in [4.78, 5) is 30.6. The number of anilines is 1. The Morgan fingerprint density at radius 2 is 1.85 bits per heavy atom. The number of fused-ring (bicyclic) bond motifs is 1. The van der Waals surface area contributed by atoms with Gasteiger partial charge in [-0.15, -0.1) is 0 Å². The van der Waals surface area contributed by atoms with Crippen molar-refractivity contribution in [2.75, 3.05) is 19.4 Å². The van der Waals surface area contributed by atoms with E-state index < -0.39 is 29.5 Å². The molecule has 3 N–H and O–H groups in total. The molecule has 0 saturated carbocycles. The summed E-state index contributed by atoms with van der Waals surface area (Å²) in [5.74, 6) is -0.874. The summed E-state index contributed by atoms with van der Waals surface area (Å²) in [6.45, 7) is 5.70. The summed E-state index contributed by atoms with van der Waals surface area (Å²) >= 11 is 0. The smallest absolute Gasteiger partial charge is 0.408 e. The number of benzene rings is 2. The highest BCUT2D eigenvalue weighted by atomic mass is 19.1. The Morgan fingerprint density at radius 1 is 1.12 bits per heavy atom. The molecule has 0 spiro atoms. The number of aromatic amines is 1. The van der Waals surface area contributed by atoms with E-state index in [1.807, 2.05) is 49.5 Å². The summed E-state index contributed by atoms with van der Waals surface area (Å²) in [6.07, 6.45) is 1.35. The number of ether oxygens (including phenoxy) is 1. The zero-order valence-electron chi connectivity index (χ0n) is 19.7. The topological polar surface area (TPSA) is 86.5 Å². The van der Waals surface area contributed by atoms with Crippen LogP contribution in [0.3, 0.4) is 0 Å². The van der Waals surface area contributed by atoms with Crippen LogP contribution in [0.4, 0.5) is 14.9 Å². The molecule has 0 radical (unpaired) electrons. The SMILES string of the molecule is CN(C)Cc1ccc(NC(=O)[C@H](Cc2c[nH]c3ccccc23)NC(=O)OC(C)(C)C)cc1F. The fraction of sp³-hybridized carbons (Fsp3) is 0.360. The van der Waals surface area contributed by atoms with Gasteiger partial charge in [0.15, 0.2) is 0 Å². The van der Waals surface area contributed by atoms with Crippen LogP contribution >= 0.6 is 0 Å². The molecule has 0 aliphatic heterocycles. The summed E-state index contributed by atoms with van der Waals surface area (Å²) in [5, 5.41) is 6.34. The molecule has 0 unspecified atom stereocenters. The van der Waals surface area contributed by atoms with Crippen LogP contribution in [0.5, 0.6) is 0 Å². The molecule has 0 bridgehead atoms. The van der Waals surface area contributed by atoms with Gasteiger partial charge in [-0.2, -0.15) is 0 Å². The van der Waals surface area contributed by atoms with E-state index in [1.165, 1.54) is 6.07 Å². The number of carbonyl (C=O) groups excluding carboxylic acids is 2. The van der Waals surface area contributed by atoms with Crippen molar-refractivity contribution >= 4 is 28.6 Å². The van der Waals surface area contributed by atoms with Crippen LogP contribution in [-0.4, -0.2) is 47.6 Å². The predicted octanol–water partition coefficient (Wildman–Crippen LogP) is 4.44. The fourth-order valence-electron chi connectivity index (χ4n) is 3.50. The number of H-pyrrole nitrogens is 1. The first-order valence-corrected chi connectivity index (χ1v) is 10.8. The lowest BCUT2D eigenvalue weighted by molar-refractivity contribution is -0.118. The van der Waals surface area contributed by atoms with Gasteiger partial charge in [0.25, 0.3) is 0 Å². The second kappa shape index (κ2) is 10.0. The number of amides is 2. The number of alkyl carbamates (subject to hydrolysis) is 1. The van der Waals surface area contributed by atoms with Crippen LogP contribution in [-0.2, 0) is 22.5 Å². The van der Waals surface area contributed by atoms with Crippen molar-refractivity contribution in [1.82, 2.24) is 15.2 Å². The predicted molar refractivity (Wildman–Crippen MR) is 128 cm³/mol. The van der Waals surface area contributed by atoms with Crippen LogP contribution in [0, 0.1) is 5.82 Å². The van der Waals surface area contributed by atoms with Gasteiger partial charge in [0.1, 0.15) is 17.5 Å². The van der Waals surface area contributed by atoms with Crippen LogP contribution in [0.25, 0.3) is 10.9 Å². The molecule has 1 atom stereocenters. The van der Waals surface area contributed by atoms with E-state index in [1.54, 1.807) is 32.9 Å². The molecule has 0 aliphatic rings. The normalized spacial score (nSPS) is 12.6. The average Bonchev–Trinajstić information content (AvgIpc) is 3.11. The number of rotatable bonds is 7. The maximum absolute atomic E-state index is 14.5. The van der Waals surface area contributed by atoms with E-state index in [-0.39, 0.29) is 6.42 Å². The van der Waals surface area contributed by atoms with E-state index in [4.69, 9.17) is 4.74 Å². The van der Waals surface area contributed by atoms with Crippen molar-refractivity contribution in [3.8, 4) is 0 Å². The quantitative estimate of drug-likeness (QED) is 0.493. The first-order chi connectivity index (χ1) is 15.5. The minimum Gasteiger partial charge on any atom is -0.444 e. The molecule has 1 heterocycles. The Bertz CT molecular complexity index is 1130. The molecular weight excluding hydrogens is 423 g/mol. The number of nitrogens with zero attached hydrogens (tertiary/aromatic N) is 1. The third-order valence-corrected chi connectivity index (χ3v) is 4.91. The molecule has 2 aromatic carbocycles. The van der Waals surface area contributed by atoms with Crippen LogP contribution < -0.4 is 10.6 Å². The van der Waals surface area contributed by atoms with Gasteiger partial charge in [0, 0.05) is 41.3 Å². The summed E-state index contributed by atoms with van der Waals surface area (Å²) in [7, 11) is 3.71. The van der Waals surface area contributed by atoms with Crippen LogP contribution in [0.1, 0.15) is 31.9 Å². The molecule has 176 valence electrons. The number of hydrogen-bond donors (Lipinski definition) is 3. The Morgan fingerprint density at radius 3 is 2.52 bits per heavy atom. The zero-order valence-corrected chi connectivity index (χ0v) is 19.7. The highest BCUT2D eigenvalue weighted by molar-refractivity contribution is 5.97. The van der Waals surface area contributed by atoms with E-state index in [2.05, 4.69) is 15.6 Å². The molecule has 3 aromatic rings. The standard InChI is InChI=1S/C25H31FN4O3/c1-25(2,3)33-24(32)29-22(12-17-14-27-21-9-7-6-8-19(17)21)23(31)28-18-11-10-16(15-30(4)5)20(26)13-18/h6-11,13-14,22,27H,12,15H2,1-5H3,(H,28,31)(H,29,32)/t22-/m0/s1. The second-order valence-corrected chi connectivity index (χ2v) is 9.30. The minimum atomic E-state index is -0.927. The Balaban J connectivity index is 1.81. The molecule has 8 heteroatoms. The number of para-hydroxylation sites is 1. The summed E-state index contributed by atoms with van der Waals surface area (Å²) in [6, 6.07) is 11.4. The van der Waals surface area contributed by atoms with Crippen molar-refractivity contribution in [2.45, 2.75) is 45.4 Å². The number of nitrogens with one attached hydrogen (secondary N) is 3. The number of carbonyl (C=O) groups is 2. The van der Waals surface area contributed by atoms with Crippen molar-refractivity contribution in [2.24, 2.45) is 0 Å². The molecule has 7 nitrogen and oxygen atoms in total. The summed E-state index contributed by atoms with van der Waals surface area (Å²) < 4.78 is 19.8. The molecule has 33 heavy (non-hydrogen) atoms. The van der Waals surface area contributed by atoms with E-state index >= 15 is 0 Å². The van der Waals surface area contributed by atoms with Crippen molar-refractivity contribution in [1.29, 1.82) is 0 Å². The number of halogens is 1. The minimum absolute atomic E-state index is 0.232. The summed E-state index contributed by atoms with van der Waals surface area (Å²) in [5.41, 5.74) is 1.93. The lowest BCUT2D eigenvalue weighted by atomic mass is 10.0. The maximum atomic E-state index is 14.5. The maximum Gasteiger partial charge on any atom is 0.408 e. The van der Waals surface area contributed by atoms with Gasteiger partial charge >= 0.3 is 6.09 Å². The highest BCUT2D eigenvalue weighted by Gasteiger charge is 2.26. The van der Waals surface area contributed by atoms with Crippen LogP contribution in [0.15, 0.2) is 48.7 Å². The Kier molecular flexibility index (Phi) is 7.38. The van der Waals surface area contributed by atoms with Gasteiger partial charge in [-0.1, -0.05) is 24.3 Å². The zero-order chi connectivity index (χ0) is 24.2. The molecule has 0 saturated heterocycles.